The third-order valence-corrected chi connectivity index (χ3v) is 2.69. The highest BCUT2D eigenvalue weighted by atomic mass is 15.1. The fourth-order valence-corrected chi connectivity index (χ4v) is 1.64. The van der Waals surface area contributed by atoms with E-state index in [0.29, 0.717) is 12.1 Å². The maximum absolute atomic E-state index is 3.49. The van der Waals surface area contributed by atoms with Gasteiger partial charge < -0.3 is 10.6 Å². The molecular weight excluding hydrogens is 160 g/mol. The van der Waals surface area contributed by atoms with Crippen molar-refractivity contribution in [3.8, 4) is 0 Å². The summed E-state index contributed by atoms with van der Waals surface area (Å²) in [7, 11) is 0. The van der Waals surface area contributed by atoms with E-state index in [4.69, 9.17) is 0 Å². The monoisotopic (exact) mass is 176 g/mol. The summed E-state index contributed by atoms with van der Waals surface area (Å²) in [6, 6.07) is 7.45. The van der Waals surface area contributed by atoms with Crippen LogP contribution in [0.2, 0.25) is 0 Å². The van der Waals surface area contributed by atoms with Crippen molar-refractivity contribution in [2.75, 3.05) is 10.6 Å². The summed E-state index contributed by atoms with van der Waals surface area (Å²) < 4.78 is 0. The van der Waals surface area contributed by atoms with Gasteiger partial charge in [0.05, 0.1) is 11.4 Å². The average Bonchev–Trinajstić information content (AvgIpc) is 2.08. The zero-order valence-electron chi connectivity index (χ0n) is 8.39. The van der Waals surface area contributed by atoms with Gasteiger partial charge in [-0.3, -0.25) is 0 Å². The minimum atomic E-state index is 0.495. The zero-order valence-corrected chi connectivity index (χ0v) is 8.39. The van der Waals surface area contributed by atoms with Gasteiger partial charge in [0.15, 0.2) is 0 Å². The number of hydrogen-bond acceptors (Lipinski definition) is 2. The molecule has 0 aromatic heterocycles. The van der Waals surface area contributed by atoms with Gasteiger partial charge in [0, 0.05) is 12.1 Å². The Morgan fingerprint density at radius 2 is 1.62 bits per heavy atom. The van der Waals surface area contributed by atoms with Crippen LogP contribution in [0.15, 0.2) is 18.2 Å². The molecule has 1 aliphatic heterocycles. The largest absolute Gasteiger partial charge is 0.379 e. The van der Waals surface area contributed by atoms with E-state index in [9.17, 15) is 0 Å². The summed E-state index contributed by atoms with van der Waals surface area (Å²) in [5.74, 6) is 0. The van der Waals surface area contributed by atoms with E-state index in [1.807, 2.05) is 0 Å². The first-order chi connectivity index (χ1) is 6.16. The quantitative estimate of drug-likeness (QED) is 0.635. The van der Waals surface area contributed by atoms with Gasteiger partial charge in [0.25, 0.3) is 0 Å². The lowest BCUT2D eigenvalue weighted by Crippen LogP contribution is -2.38. The molecule has 0 radical (unpaired) electrons. The highest BCUT2D eigenvalue weighted by Gasteiger charge is 2.19. The van der Waals surface area contributed by atoms with Gasteiger partial charge in [-0.1, -0.05) is 6.07 Å². The number of fused-ring (bicyclic) bond motifs is 1. The van der Waals surface area contributed by atoms with Crippen LogP contribution in [0.5, 0.6) is 0 Å². The van der Waals surface area contributed by atoms with E-state index < -0.39 is 0 Å². The second-order valence-corrected chi connectivity index (χ2v) is 3.92. The van der Waals surface area contributed by atoms with Crippen molar-refractivity contribution in [1.82, 2.24) is 0 Å². The Kier molecular flexibility index (Phi) is 1.91. The van der Waals surface area contributed by atoms with Crippen LogP contribution in [0.25, 0.3) is 0 Å². The second kappa shape index (κ2) is 2.95. The van der Waals surface area contributed by atoms with Crippen molar-refractivity contribution in [3.63, 3.8) is 0 Å². The summed E-state index contributed by atoms with van der Waals surface area (Å²) >= 11 is 0. The average molecular weight is 176 g/mol. The lowest BCUT2D eigenvalue weighted by atomic mass is 10.1. The molecule has 1 heterocycles. The van der Waals surface area contributed by atoms with E-state index >= 15 is 0 Å². The van der Waals surface area contributed by atoms with Crippen molar-refractivity contribution in [2.24, 2.45) is 0 Å². The first-order valence-corrected chi connectivity index (χ1v) is 4.80. The van der Waals surface area contributed by atoms with Crippen LogP contribution < -0.4 is 10.6 Å². The maximum atomic E-state index is 3.49. The van der Waals surface area contributed by atoms with Gasteiger partial charge in [0.1, 0.15) is 0 Å². The smallest absolute Gasteiger partial charge is 0.0581 e. The number of nitrogens with one attached hydrogen (secondary N) is 2. The fourth-order valence-electron chi connectivity index (χ4n) is 1.64. The highest BCUT2D eigenvalue weighted by molar-refractivity contribution is 5.72. The molecule has 0 amide bonds. The van der Waals surface area contributed by atoms with Gasteiger partial charge in [0.2, 0.25) is 0 Å². The van der Waals surface area contributed by atoms with Gasteiger partial charge in [-0.2, -0.15) is 0 Å². The molecule has 2 nitrogen and oxygen atoms in total. The first-order valence-electron chi connectivity index (χ1n) is 4.80. The zero-order chi connectivity index (χ0) is 9.42. The fraction of sp³-hybridized carbons (Fsp3) is 0.455. The molecule has 2 heteroatoms. The Bertz CT molecular complexity index is 320. The summed E-state index contributed by atoms with van der Waals surface area (Å²) in [6.45, 7) is 6.51. The van der Waals surface area contributed by atoms with Crippen molar-refractivity contribution in [2.45, 2.75) is 32.9 Å². The van der Waals surface area contributed by atoms with E-state index in [1.165, 1.54) is 16.9 Å². The topological polar surface area (TPSA) is 24.1 Å². The molecule has 1 aromatic rings. The molecular formula is C11H16N2. The molecule has 0 saturated heterocycles. The molecule has 0 aliphatic carbocycles. The molecule has 1 aromatic carbocycles. The van der Waals surface area contributed by atoms with Crippen LogP contribution in [0.4, 0.5) is 11.4 Å². The number of aryl methyl sites for hydroxylation is 1. The summed E-state index contributed by atoms with van der Waals surface area (Å²) in [6.07, 6.45) is 0. The molecule has 70 valence electrons. The molecule has 2 unspecified atom stereocenters. The molecule has 13 heavy (non-hydrogen) atoms. The van der Waals surface area contributed by atoms with Crippen LogP contribution >= 0.6 is 0 Å². The molecule has 1 aliphatic rings. The van der Waals surface area contributed by atoms with Gasteiger partial charge in [-0.25, -0.2) is 0 Å². The number of benzene rings is 1. The minimum absolute atomic E-state index is 0.495. The van der Waals surface area contributed by atoms with Gasteiger partial charge in [-0.05, 0) is 38.5 Å². The SMILES string of the molecule is Cc1ccc2c(c1)NC(C)C(C)N2. The van der Waals surface area contributed by atoms with Crippen LogP contribution in [-0.4, -0.2) is 12.1 Å². The Balaban J connectivity index is 2.37. The summed E-state index contributed by atoms with van der Waals surface area (Å²) in [5, 5.41) is 6.96. The van der Waals surface area contributed by atoms with E-state index in [-0.39, 0.29) is 0 Å². The lowest BCUT2D eigenvalue weighted by Gasteiger charge is -2.32. The number of rotatable bonds is 0. The Hall–Kier alpha value is -1.18. The first kappa shape index (κ1) is 8.42. The van der Waals surface area contributed by atoms with Gasteiger partial charge in [-0.15, -0.1) is 0 Å². The Labute approximate surface area is 79.4 Å². The highest BCUT2D eigenvalue weighted by Crippen LogP contribution is 2.28. The normalized spacial score (nSPS) is 25.8. The third-order valence-electron chi connectivity index (χ3n) is 2.69. The lowest BCUT2D eigenvalue weighted by molar-refractivity contribution is 0.663. The van der Waals surface area contributed by atoms with Crippen LogP contribution in [0, 0.1) is 6.92 Å². The number of anilines is 2. The predicted octanol–water partition coefficient (Wildman–Crippen LogP) is 2.61. The van der Waals surface area contributed by atoms with E-state index in [1.54, 1.807) is 0 Å². The second-order valence-electron chi connectivity index (χ2n) is 3.92. The Morgan fingerprint density at radius 1 is 1.00 bits per heavy atom. The van der Waals surface area contributed by atoms with Crippen molar-refractivity contribution in [3.05, 3.63) is 23.8 Å². The molecule has 2 rings (SSSR count). The third kappa shape index (κ3) is 1.48. The molecule has 0 bridgehead atoms. The Morgan fingerprint density at radius 3 is 2.31 bits per heavy atom. The number of hydrogen-bond donors (Lipinski definition) is 2. The van der Waals surface area contributed by atoms with Crippen molar-refractivity contribution < 1.29 is 0 Å². The minimum Gasteiger partial charge on any atom is -0.379 e. The molecule has 0 spiro atoms. The maximum Gasteiger partial charge on any atom is 0.0581 e. The van der Waals surface area contributed by atoms with Crippen molar-refractivity contribution in [1.29, 1.82) is 0 Å². The van der Waals surface area contributed by atoms with Crippen molar-refractivity contribution >= 4 is 11.4 Å². The van der Waals surface area contributed by atoms with E-state index in [0.717, 1.165) is 0 Å². The van der Waals surface area contributed by atoms with Gasteiger partial charge >= 0.3 is 0 Å². The predicted molar refractivity (Wildman–Crippen MR) is 57.3 cm³/mol. The summed E-state index contributed by atoms with van der Waals surface area (Å²) in [4.78, 5) is 0. The molecule has 2 N–H and O–H groups in total. The van der Waals surface area contributed by atoms with Crippen LogP contribution in [0.3, 0.4) is 0 Å². The van der Waals surface area contributed by atoms with Crippen LogP contribution in [0.1, 0.15) is 19.4 Å². The molecule has 0 fully saturated rings. The van der Waals surface area contributed by atoms with Crippen LogP contribution in [-0.2, 0) is 0 Å². The molecule has 2 atom stereocenters. The standard InChI is InChI=1S/C11H16N2/c1-7-4-5-10-11(6-7)13-9(3)8(2)12-10/h4-6,8-9,12-13H,1-3H3. The molecule has 0 saturated carbocycles. The summed E-state index contributed by atoms with van der Waals surface area (Å²) in [5.41, 5.74) is 3.75. The van der Waals surface area contributed by atoms with E-state index in [2.05, 4.69) is 49.6 Å².